The molecule has 12 heteroatoms. The van der Waals surface area contributed by atoms with Crippen LogP contribution in [-0.4, -0.2) is 70.9 Å². The van der Waals surface area contributed by atoms with Crippen molar-refractivity contribution < 1.29 is 21.6 Å². The summed E-state index contributed by atoms with van der Waals surface area (Å²) in [4.78, 5) is 14.5. The fourth-order valence-electron chi connectivity index (χ4n) is 3.32. The molecule has 0 spiro atoms. The van der Waals surface area contributed by atoms with Gasteiger partial charge in [0.1, 0.15) is 6.54 Å². The summed E-state index contributed by atoms with van der Waals surface area (Å²) in [6.07, 6.45) is 0.983. The number of hydrogen-bond donors (Lipinski definition) is 0. The number of halogens is 2. The number of carbonyl (C=O) groups is 1. The zero-order valence-electron chi connectivity index (χ0n) is 17.5. The number of amides is 1. The molecule has 0 aromatic heterocycles. The molecular formula is C20H23Cl2N3O5S2. The van der Waals surface area contributed by atoms with E-state index >= 15 is 0 Å². The first-order valence-electron chi connectivity index (χ1n) is 9.67. The first-order chi connectivity index (χ1) is 14.9. The minimum atomic E-state index is -3.81. The summed E-state index contributed by atoms with van der Waals surface area (Å²) in [5, 5.41) is 0.439. The van der Waals surface area contributed by atoms with Crippen molar-refractivity contribution in [3.63, 3.8) is 0 Å². The van der Waals surface area contributed by atoms with Gasteiger partial charge in [-0.3, -0.25) is 9.10 Å². The Labute approximate surface area is 198 Å². The average Bonchev–Trinajstić information content (AvgIpc) is 2.72. The van der Waals surface area contributed by atoms with Crippen LogP contribution in [0, 0.1) is 6.92 Å². The molecule has 1 aliphatic rings. The third kappa shape index (κ3) is 5.55. The van der Waals surface area contributed by atoms with Gasteiger partial charge in [0, 0.05) is 31.2 Å². The lowest BCUT2D eigenvalue weighted by Gasteiger charge is -2.35. The van der Waals surface area contributed by atoms with Crippen LogP contribution < -0.4 is 4.31 Å². The highest BCUT2D eigenvalue weighted by Crippen LogP contribution is 2.30. The maximum atomic E-state index is 12.9. The third-order valence-corrected chi connectivity index (χ3v) is 8.68. The fourth-order valence-corrected chi connectivity index (χ4v) is 6.17. The Morgan fingerprint density at radius 3 is 2.09 bits per heavy atom. The second-order valence-electron chi connectivity index (χ2n) is 7.46. The van der Waals surface area contributed by atoms with Crippen molar-refractivity contribution in [3.05, 3.63) is 58.1 Å². The summed E-state index contributed by atoms with van der Waals surface area (Å²) in [6.45, 7) is 1.94. The first kappa shape index (κ1) is 24.8. The van der Waals surface area contributed by atoms with Crippen LogP contribution in [0.15, 0.2) is 47.4 Å². The van der Waals surface area contributed by atoms with Crippen LogP contribution in [0.25, 0.3) is 0 Å². The lowest BCUT2D eigenvalue weighted by atomic mass is 10.2. The van der Waals surface area contributed by atoms with Gasteiger partial charge in [0.2, 0.25) is 26.0 Å². The molecule has 174 valence electrons. The molecule has 2 aromatic carbocycles. The molecule has 2 aromatic rings. The van der Waals surface area contributed by atoms with E-state index in [0.717, 1.165) is 16.1 Å². The van der Waals surface area contributed by atoms with E-state index in [1.54, 1.807) is 24.3 Å². The summed E-state index contributed by atoms with van der Waals surface area (Å²) >= 11 is 12.0. The van der Waals surface area contributed by atoms with Gasteiger partial charge < -0.3 is 4.90 Å². The van der Waals surface area contributed by atoms with Crippen molar-refractivity contribution in [1.82, 2.24) is 9.21 Å². The Hall–Kier alpha value is -1.85. The molecule has 0 saturated carbocycles. The highest BCUT2D eigenvalue weighted by atomic mass is 35.5. The smallest absolute Gasteiger partial charge is 0.243 e. The largest absolute Gasteiger partial charge is 0.338 e. The molecule has 0 bridgehead atoms. The molecule has 1 fully saturated rings. The SMILES string of the molecule is Cc1ccc(S(=O)(=O)N2CCN(C(=O)CN(c3ccc(Cl)cc3Cl)S(C)(=O)=O)CC2)cc1. The zero-order chi connectivity index (χ0) is 23.7. The first-order valence-corrected chi connectivity index (χ1v) is 13.7. The monoisotopic (exact) mass is 519 g/mol. The second-order valence-corrected chi connectivity index (χ2v) is 12.2. The van der Waals surface area contributed by atoms with E-state index in [9.17, 15) is 21.6 Å². The molecule has 0 N–H and O–H groups in total. The van der Waals surface area contributed by atoms with Gasteiger partial charge >= 0.3 is 0 Å². The zero-order valence-corrected chi connectivity index (χ0v) is 20.7. The lowest BCUT2D eigenvalue weighted by molar-refractivity contribution is -0.130. The Morgan fingerprint density at radius 2 is 1.56 bits per heavy atom. The molecular weight excluding hydrogens is 497 g/mol. The molecule has 0 aliphatic carbocycles. The number of anilines is 1. The molecule has 1 aliphatic heterocycles. The number of nitrogens with zero attached hydrogens (tertiary/aromatic N) is 3. The molecule has 32 heavy (non-hydrogen) atoms. The van der Waals surface area contributed by atoms with E-state index in [1.807, 2.05) is 6.92 Å². The van der Waals surface area contributed by atoms with Gasteiger partial charge in [0.25, 0.3) is 0 Å². The number of benzene rings is 2. The predicted molar refractivity (Wildman–Crippen MR) is 125 cm³/mol. The number of piperazine rings is 1. The minimum absolute atomic E-state index is 0.102. The van der Waals surface area contributed by atoms with Crippen molar-refractivity contribution in [2.75, 3.05) is 43.3 Å². The minimum Gasteiger partial charge on any atom is -0.338 e. The topological polar surface area (TPSA) is 95.1 Å². The predicted octanol–water partition coefficient (Wildman–Crippen LogP) is 2.60. The van der Waals surface area contributed by atoms with Crippen LogP contribution in [0.5, 0.6) is 0 Å². The van der Waals surface area contributed by atoms with E-state index in [-0.39, 0.29) is 41.8 Å². The van der Waals surface area contributed by atoms with Crippen LogP contribution in [-0.2, 0) is 24.8 Å². The van der Waals surface area contributed by atoms with Crippen molar-refractivity contribution >= 4 is 54.8 Å². The number of carbonyl (C=O) groups excluding carboxylic acids is 1. The number of aryl methyl sites for hydroxylation is 1. The van der Waals surface area contributed by atoms with Crippen LogP contribution in [0.1, 0.15) is 5.56 Å². The summed E-state index contributed by atoms with van der Waals surface area (Å²) in [7, 11) is -7.48. The van der Waals surface area contributed by atoms with E-state index in [0.29, 0.717) is 5.02 Å². The maximum Gasteiger partial charge on any atom is 0.243 e. The highest BCUT2D eigenvalue weighted by Gasteiger charge is 2.32. The normalized spacial score (nSPS) is 15.6. The van der Waals surface area contributed by atoms with Crippen molar-refractivity contribution in [2.45, 2.75) is 11.8 Å². The van der Waals surface area contributed by atoms with E-state index < -0.39 is 32.5 Å². The number of rotatable bonds is 6. The van der Waals surface area contributed by atoms with Crippen LogP contribution in [0.4, 0.5) is 5.69 Å². The van der Waals surface area contributed by atoms with Gasteiger partial charge in [-0.25, -0.2) is 16.8 Å². The molecule has 3 rings (SSSR count). The molecule has 8 nitrogen and oxygen atoms in total. The summed E-state index contributed by atoms with van der Waals surface area (Å²) in [5.41, 5.74) is 1.10. The Bertz CT molecular complexity index is 1210. The van der Waals surface area contributed by atoms with E-state index in [2.05, 4.69) is 0 Å². The van der Waals surface area contributed by atoms with Gasteiger partial charge in [0.05, 0.1) is 21.9 Å². The van der Waals surface area contributed by atoms with Crippen molar-refractivity contribution in [1.29, 1.82) is 0 Å². The van der Waals surface area contributed by atoms with Gasteiger partial charge in [-0.2, -0.15) is 4.31 Å². The molecule has 0 unspecified atom stereocenters. The van der Waals surface area contributed by atoms with Gasteiger partial charge in [-0.05, 0) is 37.3 Å². The Balaban J connectivity index is 1.70. The molecule has 1 saturated heterocycles. The summed E-state index contributed by atoms with van der Waals surface area (Å²) < 4.78 is 52.6. The summed E-state index contributed by atoms with van der Waals surface area (Å²) in [5.74, 6) is -0.450. The number of hydrogen-bond acceptors (Lipinski definition) is 5. The van der Waals surface area contributed by atoms with Gasteiger partial charge in [-0.15, -0.1) is 0 Å². The van der Waals surface area contributed by atoms with E-state index in [4.69, 9.17) is 23.2 Å². The lowest BCUT2D eigenvalue weighted by Crippen LogP contribution is -2.53. The van der Waals surface area contributed by atoms with E-state index in [1.165, 1.54) is 27.4 Å². The van der Waals surface area contributed by atoms with Gasteiger partial charge in [0.15, 0.2) is 0 Å². The summed E-state index contributed by atoms with van der Waals surface area (Å²) in [6, 6.07) is 10.9. The molecule has 1 amide bonds. The highest BCUT2D eigenvalue weighted by molar-refractivity contribution is 7.92. The average molecular weight is 520 g/mol. The molecule has 0 radical (unpaired) electrons. The maximum absolute atomic E-state index is 12.9. The Kier molecular flexibility index (Phi) is 7.41. The third-order valence-electron chi connectivity index (χ3n) is 5.11. The van der Waals surface area contributed by atoms with Gasteiger partial charge in [-0.1, -0.05) is 40.9 Å². The fraction of sp³-hybridized carbons (Fsp3) is 0.350. The number of sulfonamides is 2. The molecule has 0 atom stereocenters. The molecule has 1 heterocycles. The van der Waals surface area contributed by atoms with Crippen LogP contribution >= 0.6 is 23.2 Å². The van der Waals surface area contributed by atoms with Crippen LogP contribution in [0.3, 0.4) is 0 Å². The quantitative estimate of drug-likeness (QED) is 0.584. The standard InChI is InChI=1S/C20H23Cl2N3O5S2/c1-15-3-6-17(7-4-15)32(29,30)24-11-9-23(10-12-24)20(26)14-25(31(2,27)28)19-8-5-16(21)13-18(19)22/h3-8,13H,9-12,14H2,1-2H3. The van der Waals surface area contributed by atoms with Crippen molar-refractivity contribution in [2.24, 2.45) is 0 Å². The van der Waals surface area contributed by atoms with Crippen LogP contribution in [0.2, 0.25) is 10.0 Å². The van der Waals surface area contributed by atoms with Crippen molar-refractivity contribution in [3.8, 4) is 0 Å². The second kappa shape index (κ2) is 9.56. The Morgan fingerprint density at radius 1 is 0.969 bits per heavy atom.